The summed E-state index contributed by atoms with van der Waals surface area (Å²) in [6.45, 7) is 2.31. The fourth-order valence-electron chi connectivity index (χ4n) is 9.24. The van der Waals surface area contributed by atoms with E-state index in [2.05, 4.69) is 26.0 Å². The molecule has 0 aromatic carbocycles. The Kier molecular flexibility index (Phi) is 32.2. The van der Waals surface area contributed by atoms with Crippen molar-refractivity contribution in [2.45, 2.75) is 268 Å². The summed E-state index contributed by atoms with van der Waals surface area (Å²) in [5.74, 6) is 0.881. The van der Waals surface area contributed by atoms with Crippen LogP contribution in [0.15, 0.2) is 12.2 Å². The first-order chi connectivity index (χ1) is 32.5. The largest absolute Gasteiger partial charge is 0.462 e. The van der Waals surface area contributed by atoms with Crippen LogP contribution in [0, 0.1) is 11.8 Å². The SMILES string of the molecule is CCCCCCCCC=CCCCCCCCC(=O)O[C@H](COC(=O)CCCCCCC[C@H]1C[C@@H]1CCCCCCCC)CO[C@H]1O[C@H](CO)[C@@H](O)[C@H](O)[C@H]1O[C@H]1O[C@H](CO)[C@H](O)[C@H](O)[C@H]1O. The van der Waals surface area contributed by atoms with Crippen LogP contribution in [0.1, 0.15) is 200 Å². The summed E-state index contributed by atoms with van der Waals surface area (Å²) in [6.07, 6.45) is 19.3. The first-order valence-electron chi connectivity index (χ1n) is 26.7. The van der Waals surface area contributed by atoms with Gasteiger partial charge in [-0.2, -0.15) is 0 Å². The predicted molar refractivity (Wildman–Crippen MR) is 255 cm³/mol. The van der Waals surface area contributed by atoms with E-state index in [0.29, 0.717) is 12.8 Å². The van der Waals surface area contributed by atoms with Gasteiger partial charge in [-0.25, -0.2) is 0 Å². The van der Waals surface area contributed by atoms with Crippen molar-refractivity contribution in [2.24, 2.45) is 11.8 Å². The Bertz CT molecular complexity index is 1290. The van der Waals surface area contributed by atoms with Crippen molar-refractivity contribution in [1.82, 2.24) is 0 Å². The molecule has 0 unspecified atom stereocenters. The van der Waals surface area contributed by atoms with Crippen LogP contribution in [0.4, 0.5) is 0 Å². The number of aliphatic hydroxyl groups excluding tert-OH is 7. The van der Waals surface area contributed by atoms with Crippen LogP contribution in [0.25, 0.3) is 0 Å². The average Bonchev–Trinajstić information content (AvgIpc) is 4.08. The molecule has 2 aliphatic heterocycles. The number of hydrogen-bond donors (Lipinski definition) is 7. The molecule has 3 aliphatic rings. The standard InChI is InChI=1S/C52H94O15/c1-3-5-7-9-11-12-13-14-15-16-17-18-19-23-28-32-44(56)64-40(36-62-43(55)31-27-24-20-22-26-30-39-33-38(39)29-25-21-10-8-6-4-2)37-63-52-50(48(60)46(58)42(35-54)66-52)67-51-49(61)47(59)45(57)41(34-53)65-51/h14-15,38-42,45-54,57-61H,3-13,16-37H2,1-2H3/t38-,39-,40+,41+,42+,45-,46+,47-,48-,49+,50+,51+,52-/m0/s1. The molecule has 1 aliphatic carbocycles. The summed E-state index contributed by atoms with van der Waals surface area (Å²) in [5, 5.41) is 72.4. The molecular weight excluding hydrogens is 865 g/mol. The van der Waals surface area contributed by atoms with E-state index < -0.39 is 99.3 Å². The number of carbonyl (C=O) groups is 2. The molecule has 2 heterocycles. The van der Waals surface area contributed by atoms with Crippen LogP contribution < -0.4 is 0 Å². The van der Waals surface area contributed by atoms with E-state index in [1.165, 1.54) is 103 Å². The normalized spacial score (nSPS) is 29.0. The van der Waals surface area contributed by atoms with Crippen molar-refractivity contribution in [1.29, 1.82) is 0 Å². The number of allylic oxidation sites excluding steroid dienone is 2. The number of hydrogen-bond acceptors (Lipinski definition) is 15. The summed E-state index contributed by atoms with van der Waals surface area (Å²) in [6, 6.07) is 0. The van der Waals surface area contributed by atoms with Crippen LogP contribution in [0.2, 0.25) is 0 Å². The predicted octanol–water partition coefficient (Wildman–Crippen LogP) is 7.24. The molecule has 67 heavy (non-hydrogen) atoms. The van der Waals surface area contributed by atoms with Gasteiger partial charge in [0.15, 0.2) is 18.7 Å². The highest BCUT2D eigenvalue weighted by atomic mass is 16.8. The zero-order chi connectivity index (χ0) is 48.7. The minimum atomic E-state index is -1.84. The van der Waals surface area contributed by atoms with Crippen molar-refractivity contribution in [3.8, 4) is 0 Å². The summed E-state index contributed by atoms with van der Waals surface area (Å²) in [5.41, 5.74) is 0. The van der Waals surface area contributed by atoms with Gasteiger partial charge in [-0.05, 0) is 56.8 Å². The van der Waals surface area contributed by atoms with Gasteiger partial charge in [-0.1, -0.05) is 154 Å². The van der Waals surface area contributed by atoms with Gasteiger partial charge in [0.05, 0.1) is 19.8 Å². The second-order valence-electron chi connectivity index (χ2n) is 19.6. The maximum absolute atomic E-state index is 13.1. The quantitative estimate of drug-likeness (QED) is 0.0182. The number of ether oxygens (including phenoxy) is 6. The fraction of sp³-hybridized carbons (Fsp3) is 0.923. The Hall–Kier alpha value is -1.76. The first kappa shape index (κ1) is 59.5. The lowest BCUT2D eigenvalue weighted by atomic mass is 9.97. The highest BCUT2D eigenvalue weighted by molar-refractivity contribution is 5.70. The molecular formula is C52H94O15. The lowest BCUT2D eigenvalue weighted by molar-refractivity contribution is -0.368. The van der Waals surface area contributed by atoms with Gasteiger partial charge in [0.25, 0.3) is 0 Å². The van der Waals surface area contributed by atoms with Gasteiger partial charge in [0.2, 0.25) is 0 Å². The first-order valence-corrected chi connectivity index (χ1v) is 26.7. The van der Waals surface area contributed by atoms with Crippen LogP contribution >= 0.6 is 0 Å². The topological polar surface area (TPSA) is 231 Å². The molecule has 0 aromatic rings. The number of aliphatic hydroxyl groups is 7. The van der Waals surface area contributed by atoms with E-state index in [1.807, 2.05) is 0 Å². The van der Waals surface area contributed by atoms with Gasteiger partial charge < -0.3 is 64.2 Å². The van der Waals surface area contributed by atoms with Gasteiger partial charge >= 0.3 is 11.9 Å². The zero-order valence-corrected chi connectivity index (χ0v) is 41.4. The number of rotatable bonds is 40. The third-order valence-corrected chi connectivity index (χ3v) is 13.7. The van der Waals surface area contributed by atoms with Crippen LogP contribution in [-0.2, 0) is 38.0 Å². The molecule has 2 saturated heterocycles. The third kappa shape index (κ3) is 24.3. The molecule has 0 radical (unpaired) electrons. The monoisotopic (exact) mass is 959 g/mol. The van der Waals surface area contributed by atoms with Crippen LogP contribution in [0.5, 0.6) is 0 Å². The van der Waals surface area contributed by atoms with Gasteiger partial charge in [0, 0.05) is 12.8 Å². The highest BCUT2D eigenvalue weighted by Gasteiger charge is 2.51. The summed E-state index contributed by atoms with van der Waals surface area (Å²) in [7, 11) is 0. The van der Waals surface area contributed by atoms with E-state index in [-0.39, 0.29) is 19.4 Å². The molecule has 7 N–H and O–H groups in total. The molecule has 3 fully saturated rings. The van der Waals surface area contributed by atoms with E-state index in [9.17, 15) is 45.3 Å². The Balaban J connectivity index is 1.46. The van der Waals surface area contributed by atoms with Crippen molar-refractivity contribution < 1.29 is 73.8 Å². The van der Waals surface area contributed by atoms with E-state index in [1.54, 1.807) is 0 Å². The molecule has 15 heteroatoms. The number of unbranched alkanes of at least 4 members (excludes halogenated alkanes) is 20. The molecule has 392 valence electrons. The van der Waals surface area contributed by atoms with Crippen molar-refractivity contribution in [3.63, 3.8) is 0 Å². The van der Waals surface area contributed by atoms with Gasteiger partial charge in [0.1, 0.15) is 55.4 Å². The lowest BCUT2D eigenvalue weighted by Crippen LogP contribution is -2.64. The smallest absolute Gasteiger partial charge is 0.306 e. The molecule has 0 aromatic heterocycles. The molecule has 0 amide bonds. The van der Waals surface area contributed by atoms with E-state index in [4.69, 9.17) is 28.4 Å². The Morgan fingerprint density at radius 2 is 1.00 bits per heavy atom. The fourth-order valence-corrected chi connectivity index (χ4v) is 9.24. The van der Waals surface area contributed by atoms with Gasteiger partial charge in [-0.3, -0.25) is 9.59 Å². The molecule has 15 nitrogen and oxygen atoms in total. The molecule has 0 bridgehead atoms. The maximum Gasteiger partial charge on any atom is 0.306 e. The zero-order valence-electron chi connectivity index (χ0n) is 41.4. The molecule has 0 spiro atoms. The number of carbonyl (C=O) groups excluding carboxylic acids is 2. The van der Waals surface area contributed by atoms with E-state index >= 15 is 0 Å². The lowest BCUT2D eigenvalue weighted by Gasteiger charge is -2.46. The molecule has 13 atom stereocenters. The van der Waals surface area contributed by atoms with Crippen LogP contribution in [-0.4, -0.2) is 142 Å². The summed E-state index contributed by atoms with van der Waals surface area (Å²) < 4.78 is 34.2. The third-order valence-electron chi connectivity index (χ3n) is 13.7. The summed E-state index contributed by atoms with van der Waals surface area (Å²) >= 11 is 0. The Labute approximate surface area is 402 Å². The van der Waals surface area contributed by atoms with Gasteiger partial charge in [-0.15, -0.1) is 0 Å². The second-order valence-corrected chi connectivity index (χ2v) is 19.6. The van der Waals surface area contributed by atoms with Crippen molar-refractivity contribution in [2.75, 3.05) is 26.4 Å². The minimum absolute atomic E-state index is 0.142. The Morgan fingerprint density at radius 1 is 0.537 bits per heavy atom. The Morgan fingerprint density at radius 3 is 1.54 bits per heavy atom. The van der Waals surface area contributed by atoms with Crippen LogP contribution in [0.3, 0.4) is 0 Å². The minimum Gasteiger partial charge on any atom is -0.462 e. The van der Waals surface area contributed by atoms with Crippen molar-refractivity contribution in [3.05, 3.63) is 12.2 Å². The average molecular weight is 959 g/mol. The second kappa shape index (κ2) is 36.2. The van der Waals surface area contributed by atoms with E-state index in [0.717, 1.165) is 69.6 Å². The summed E-state index contributed by atoms with van der Waals surface area (Å²) in [4.78, 5) is 26.0. The molecule has 3 rings (SSSR count). The molecule has 1 saturated carbocycles. The maximum atomic E-state index is 13.1. The number of esters is 2. The highest BCUT2D eigenvalue weighted by Crippen LogP contribution is 2.46. The van der Waals surface area contributed by atoms with Crippen molar-refractivity contribution >= 4 is 11.9 Å².